The Kier molecular flexibility index (Phi) is 5.35. The molecule has 108 valence electrons. The highest BCUT2D eigenvalue weighted by Crippen LogP contribution is 2.22. The predicted octanol–water partition coefficient (Wildman–Crippen LogP) is 0.791. The van der Waals surface area contributed by atoms with E-state index in [9.17, 15) is 0 Å². The van der Waals surface area contributed by atoms with Gasteiger partial charge in [0.2, 0.25) is 0 Å². The molecule has 0 aliphatic heterocycles. The van der Waals surface area contributed by atoms with Crippen LogP contribution in [-0.2, 0) is 7.05 Å². The van der Waals surface area contributed by atoms with Gasteiger partial charge in [-0.25, -0.2) is 0 Å². The fourth-order valence-corrected chi connectivity index (χ4v) is 2.32. The van der Waals surface area contributed by atoms with Gasteiger partial charge in [-0.3, -0.25) is 10.1 Å². The summed E-state index contributed by atoms with van der Waals surface area (Å²) in [6.45, 7) is 6.87. The molecule has 0 amide bonds. The molecular formula is C13H26N6. The second kappa shape index (κ2) is 6.56. The molecule has 1 aromatic heterocycles. The standard InChI is InChI=1S/C13H26N6/c1-6-19(9-7-8-17(3)4)13-11(12(14)15)10(2)16-18(13)5/h6-9H2,1-5H3,(H3,14,15). The number of hydrogen-bond acceptors (Lipinski definition) is 4. The van der Waals surface area contributed by atoms with Gasteiger partial charge in [-0.05, 0) is 40.9 Å². The highest BCUT2D eigenvalue weighted by atomic mass is 15.4. The van der Waals surface area contributed by atoms with E-state index in [0.29, 0.717) is 0 Å². The molecule has 1 aromatic rings. The van der Waals surface area contributed by atoms with Crippen LogP contribution in [0.2, 0.25) is 0 Å². The first kappa shape index (κ1) is 15.5. The van der Waals surface area contributed by atoms with Crippen molar-refractivity contribution in [2.45, 2.75) is 20.3 Å². The highest BCUT2D eigenvalue weighted by molar-refractivity contribution is 6.00. The minimum absolute atomic E-state index is 0.0895. The smallest absolute Gasteiger partial charge is 0.137 e. The van der Waals surface area contributed by atoms with Crippen LogP contribution >= 0.6 is 0 Å². The Hall–Kier alpha value is -1.56. The lowest BCUT2D eigenvalue weighted by atomic mass is 10.2. The number of hydrogen-bond donors (Lipinski definition) is 2. The van der Waals surface area contributed by atoms with Gasteiger partial charge in [-0.15, -0.1) is 0 Å². The van der Waals surface area contributed by atoms with Crippen molar-refractivity contribution in [3.8, 4) is 0 Å². The van der Waals surface area contributed by atoms with Crippen LogP contribution in [0.15, 0.2) is 0 Å². The minimum Gasteiger partial charge on any atom is -0.384 e. The third-order valence-corrected chi connectivity index (χ3v) is 3.18. The zero-order chi connectivity index (χ0) is 14.6. The van der Waals surface area contributed by atoms with Gasteiger partial charge in [-0.1, -0.05) is 0 Å². The van der Waals surface area contributed by atoms with Crippen molar-refractivity contribution in [1.29, 1.82) is 5.41 Å². The van der Waals surface area contributed by atoms with E-state index >= 15 is 0 Å². The monoisotopic (exact) mass is 266 g/mol. The number of nitrogens with zero attached hydrogens (tertiary/aromatic N) is 4. The van der Waals surface area contributed by atoms with Crippen molar-refractivity contribution in [1.82, 2.24) is 14.7 Å². The van der Waals surface area contributed by atoms with Crippen LogP contribution in [0.5, 0.6) is 0 Å². The second-order valence-corrected chi connectivity index (χ2v) is 5.06. The maximum atomic E-state index is 7.73. The molecule has 3 N–H and O–H groups in total. The molecule has 6 heteroatoms. The average molecular weight is 266 g/mol. The van der Waals surface area contributed by atoms with Crippen LogP contribution in [0, 0.1) is 12.3 Å². The van der Waals surface area contributed by atoms with Gasteiger partial charge in [0.25, 0.3) is 0 Å². The molecule has 1 rings (SSSR count). The van der Waals surface area contributed by atoms with Gasteiger partial charge in [0, 0.05) is 20.1 Å². The summed E-state index contributed by atoms with van der Waals surface area (Å²) in [4.78, 5) is 4.41. The summed E-state index contributed by atoms with van der Waals surface area (Å²) in [5, 5.41) is 12.1. The summed E-state index contributed by atoms with van der Waals surface area (Å²) in [5.41, 5.74) is 7.27. The van der Waals surface area contributed by atoms with Crippen molar-refractivity contribution in [2.75, 3.05) is 38.6 Å². The minimum atomic E-state index is 0.0895. The van der Waals surface area contributed by atoms with E-state index in [-0.39, 0.29) is 5.84 Å². The quantitative estimate of drug-likeness (QED) is 0.565. The molecule has 0 spiro atoms. The lowest BCUT2D eigenvalue weighted by molar-refractivity contribution is 0.400. The van der Waals surface area contributed by atoms with E-state index < -0.39 is 0 Å². The summed E-state index contributed by atoms with van der Waals surface area (Å²) < 4.78 is 1.82. The first-order chi connectivity index (χ1) is 8.88. The Morgan fingerprint density at radius 2 is 2.00 bits per heavy atom. The van der Waals surface area contributed by atoms with Crippen molar-refractivity contribution >= 4 is 11.7 Å². The number of aromatic nitrogens is 2. The number of nitrogen functional groups attached to an aromatic ring is 1. The Balaban J connectivity index is 2.94. The largest absolute Gasteiger partial charge is 0.384 e. The first-order valence-corrected chi connectivity index (χ1v) is 6.66. The fraction of sp³-hybridized carbons (Fsp3) is 0.692. The molecule has 0 saturated carbocycles. The van der Waals surface area contributed by atoms with E-state index in [1.54, 1.807) is 0 Å². The van der Waals surface area contributed by atoms with Crippen LogP contribution in [0.25, 0.3) is 0 Å². The Labute approximate surface area is 115 Å². The second-order valence-electron chi connectivity index (χ2n) is 5.06. The van der Waals surface area contributed by atoms with Crippen molar-refractivity contribution in [2.24, 2.45) is 12.8 Å². The van der Waals surface area contributed by atoms with E-state index in [1.165, 1.54) is 0 Å². The molecule has 0 radical (unpaired) electrons. The van der Waals surface area contributed by atoms with Crippen LogP contribution in [0.4, 0.5) is 5.82 Å². The molecular weight excluding hydrogens is 240 g/mol. The van der Waals surface area contributed by atoms with Gasteiger partial charge < -0.3 is 15.5 Å². The lowest BCUT2D eigenvalue weighted by Crippen LogP contribution is -2.30. The lowest BCUT2D eigenvalue weighted by Gasteiger charge is -2.25. The molecule has 0 bridgehead atoms. The van der Waals surface area contributed by atoms with Crippen LogP contribution in [0.1, 0.15) is 24.6 Å². The molecule has 0 aliphatic rings. The summed E-state index contributed by atoms with van der Waals surface area (Å²) in [5.74, 6) is 1.04. The van der Waals surface area contributed by atoms with E-state index in [1.807, 2.05) is 18.7 Å². The SMILES string of the molecule is CCN(CCCN(C)C)c1c(C(=N)N)c(C)nn1C. The fourth-order valence-electron chi connectivity index (χ4n) is 2.32. The molecule has 1 heterocycles. The number of rotatable bonds is 7. The summed E-state index contributed by atoms with van der Waals surface area (Å²) in [7, 11) is 6.06. The predicted molar refractivity (Wildman–Crippen MR) is 80.0 cm³/mol. The molecule has 0 atom stereocenters. The van der Waals surface area contributed by atoms with Gasteiger partial charge in [0.05, 0.1) is 11.3 Å². The van der Waals surface area contributed by atoms with Gasteiger partial charge in [0.1, 0.15) is 11.7 Å². The summed E-state index contributed by atoms with van der Waals surface area (Å²) in [6.07, 6.45) is 1.07. The van der Waals surface area contributed by atoms with Gasteiger partial charge in [0.15, 0.2) is 0 Å². The molecule has 0 unspecified atom stereocenters. The third kappa shape index (κ3) is 3.70. The number of nitrogens with two attached hydrogens (primary N) is 1. The topological polar surface area (TPSA) is 74.2 Å². The Bertz CT molecular complexity index is 435. The van der Waals surface area contributed by atoms with E-state index in [0.717, 1.165) is 43.1 Å². The van der Waals surface area contributed by atoms with E-state index in [4.69, 9.17) is 11.1 Å². The average Bonchev–Trinajstić information content (AvgIpc) is 2.59. The maximum Gasteiger partial charge on any atom is 0.137 e. The van der Waals surface area contributed by atoms with Crippen LogP contribution in [0.3, 0.4) is 0 Å². The first-order valence-electron chi connectivity index (χ1n) is 6.66. The normalized spacial score (nSPS) is 11.1. The summed E-state index contributed by atoms with van der Waals surface area (Å²) >= 11 is 0. The number of nitrogens with one attached hydrogen (secondary N) is 1. The molecule has 0 fully saturated rings. The van der Waals surface area contributed by atoms with E-state index in [2.05, 4.69) is 35.9 Å². The van der Waals surface area contributed by atoms with Crippen LogP contribution < -0.4 is 10.6 Å². The molecule has 0 aliphatic carbocycles. The zero-order valence-electron chi connectivity index (χ0n) is 12.7. The Morgan fingerprint density at radius 3 is 2.47 bits per heavy atom. The van der Waals surface area contributed by atoms with Crippen molar-refractivity contribution in [3.05, 3.63) is 11.3 Å². The number of amidine groups is 1. The molecule has 0 aromatic carbocycles. The van der Waals surface area contributed by atoms with Crippen molar-refractivity contribution < 1.29 is 0 Å². The highest BCUT2D eigenvalue weighted by Gasteiger charge is 2.20. The maximum absolute atomic E-state index is 7.73. The van der Waals surface area contributed by atoms with Gasteiger partial charge >= 0.3 is 0 Å². The number of aryl methyl sites for hydroxylation is 2. The number of anilines is 1. The zero-order valence-corrected chi connectivity index (χ0v) is 12.7. The Morgan fingerprint density at radius 1 is 1.37 bits per heavy atom. The molecule has 6 nitrogen and oxygen atoms in total. The van der Waals surface area contributed by atoms with Gasteiger partial charge in [-0.2, -0.15) is 5.10 Å². The summed E-state index contributed by atoms with van der Waals surface area (Å²) in [6, 6.07) is 0. The molecule has 0 saturated heterocycles. The molecule has 19 heavy (non-hydrogen) atoms. The van der Waals surface area contributed by atoms with Crippen molar-refractivity contribution in [3.63, 3.8) is 0 Å². The van der Waals surface area contributed by atoms with Crippen LogP contribution in [-0.4, -0.2) is 54.2 Å². The third-order valence-electron chi connectivity index (χ3n) is 3.18.